The van der Waals surface area contributed by atoms with Crippen LogP contribution in [-0.4, -0.2) is 96.7 Å². The summed E-state index contributed by atoms with van der Waals surface area (Å²) in [4.78, 5) is 73.0. The van der Waals surface area contributed by atoms with Crippen molar-refractivity contribution >= 4 is 39.5 Å². The maximum Gasteiger partial charge on any atom is 0.472 e. The first-order valence-corrected chi connectivity index (χ1v) is 44.6. The molecule has 100 heavy (non-hydrogen) atoms. The zero-order valence-corrected chi connectivity index (χ0v) is 66.5. The van der Waals surface area contributed by atoms with Crippen LogP contribution in [0, 0.1) is 0 Å². The number of esters is 4. The van der Waals surface area contributed by atoms with E-state index < -0.39 is 97.5 Å². The summed E-state index contributed by atoms with van der Waals surface area (Å²) in [5.74, 6) is -2.14. The second-order valence-corrected chi connectivity index (χ2v) is 31.3. The first kappa shape index (κ1) is 97.5. The Morgan fingerprint density at radius 2 is 0.460 bits per heavy atom. The van der Waals surface area contributed by atoms with Gasteiger partial charge >= 0.3 is 39.5 Å². The van der Waals surface area contributed by atoms with E-state index >= 15 is 0 Å². The summed E-state index contributed by atoms with van der Waals surface area (Å²) >= 11 is 0. The highest BCUT2D eigenvalue weighted by Gasteiger charge is 2.30. The monoisotopic (exact) mass is 1460 g/mol. The molecule has 17 nitrogen and oxygen atoms in total. The Kier molecular flexibility index (Phi) is 73.0. The molecule has 590 valence electrons. The van der Waals surface area contributed by atoms with Gasteiger partial charge in [0, 0.05) is 25.7 Å². The highest BCUT2D eigenvalue weighted by atomic mass is 31.2. The topological polar surface area (TPSA) is 237 Å². The van der Waals surface area contributed by atoms with Crippen molar-refractivity contribution in [3.63, 3.8) is 0 Å². The Balaban J connectivity index is 5.30. The van der Waals surface area contributed by atoms with Crippen molar-refractivity contribution in [2.24, 2.45) is 0 Å². The molecule has 0 aliphatic rings. The van der Waals surface area contributed by atoms with Crippen LogP contribution in [0.4, 0.5) is 0 Å². The highest BCUT2D eigenvalue weighted by molar-refractivity contribution is 7.47. The fourth-order valence-electron chi connectivity index (χ4n) is 12.0. The molecule has 0 aliphatic carbocycles. The van der Waals surface area contributed by atoms with Crippen LogP contribution in [0.25, 0.3) is 0 Å². The van der Waals surface area contributed by atoms with Gasteiger partial charge in [0.1, 0.15) is 19.3 Å². The molecule has 0 fully saturated rings. The molecular weight excluding hydrogens is 1310 g/mol. The zero-order valence-electron chi connectivity index (χ0n) is 64.7. The molecule has 0 radical (unpaired) electrons. The van der Waals surface area contributed by atoms with Crippen LogP contribution >= 0.6 is 15.6 Å². The molecule has 0 aromatic rings. The van der Waals surface area contributed by atoms with Crippen LogP contribution in [0.1, 0.15) is 413 Å². The fourth-order valence-corrected chi connectivity index (χ4v) is 13.6. The van der Waals surface area contributed by atoms with Crippen molar-refractivity contribution in [2.75, 3.05) is 39.6 Å². The Labute approximate surface area is 612 Å². The van der Waals surface area contributed by atoms with Crippen molar-refractivity contribution in [1.29, 1.82) is 0 Å². The molecule has 0 heterocycles. The predicted molar refractivity (Wildman–Crippen MR) is 409 cm³/mol. The molecule has 5 atom stereocenters. The normalized spacial score (nSPS) is 13.9. The van der Waals surface area contributed by atoms with Gasteiger partial charge in [0.2, 0.25) is 0 Å². The molecule has 3 N–H and O–H groups in total. The third kappa shape index (κ3) is 73.8. The summed E-state index contributed by atoms with van der Waals surface area (Å²) in [7, 11) is -9.93. The van der Waals surface area contributed by atoms with E-state index in [1.54, 1.807) is 0 Å². The van der Waals surface area contributed by atoms with Crippen molar-refractivity contribution in [1.82, 2.24) is 0 Å². The lowest BCUT2D eigenvalue weighted by Crippen LogP contribution is -2.30. The Hall–Kier alpha value is -2.46. The first-order chi connectivity index (χ1) is 48.7. The minimum Gasteiger partial charge on any atom is -0.462 e. The minimum absolute atomic E-state index is 0.0939. The number of phosphoric ester groups is 2. The fraction of sp³-hybridized carbons (Fsp3) is 0.901. The molecule has 0 amide bonds. The predicted octanol–water partition coefficient (Wildman–Crippen LogP) is 24.1. The van der Waals surface area contributed by atoms with Gasteiger partial charge < -0.3 is 33.8 Å². The number of carbonyl (C=O) groups excluding carboxylic acids is 4. The minimum atomic E-state index is -4.97. The van der Waals surface area contributed by atoms with E-state index in [4.69, 9.17) is 37.0 Å². The third-order valence-corrected chi connectivity index (χ3v) is 20.3. The quantitative estimate of drug-likeness (QED) is 0.0169. The number of carbonyl (C=O) groups is 4. The van der Waals surface area contributed by atoms with Crippen molar-refractivity contribution in [2.45, 2.75) is 431 Å². The van der Waals surface area contributed by atoms with Gasteiger partial charge in [-0.25, -0.2) is 9.13 Å². The summed E-state index contributed by atoms with van der Waals surface area (Å²) in [6.45, 7) is 4.97. The van der Waals surface area contributed by atoms with Gasteiger partial charge in [-0.3, -0.25) is 37.3 Å². The summed E-state index contributed by atoms with van der Waals surface area (Å²) < 4.78 is 68.7. The van der Waals surface area contributed by atoms with Gasteiger partial charge in [0.25, 0.3) is 0 Å². The lowest BCUT2D eigenvalue weighted by atomic mass is 10.0. The molecule has 0 rings (SSSR count). The van der Waals surface area contributed by atoms with E-state index in [0.29, 0.717) is 25.7 Å². The van der Waals surface area contributed by atoms with Crippen LogP contribution in [0.15, 0.2) is 24.3 Å². The van der Waals surface area contributed by atoms with Crippen LogP contribution in [-0.2, 0) is 65.4 Å². The number of allylic oxidation sites excluding steroid dienone is 4. The number of hydrogen-bond donors (Lipinski definition) is 3. The number of phosphoric acid groups is 2. The molecule has 0 aliphatic heterocycles. The van der Waals surface area contributed by atoms with Crippen molar-refractivity contribution < 1.29 is 80.2 Å². The Morgan fingerprint density at radius 3 is 0.690 bits per heavy atom. The van der Waals surface area contributed by atoms with Gasteiger partial charge in [0.05, 0.1) is 26.4 Å². The molecule has 0 aromatic heterocycles. The number of unbranched alkanes of at least 4 members (excludes halogenated alkanes) is 50. The second-order valence-electron chi connectivity index (χ2n) is 28.4. The summed E-state index contributed by atoms with van der Waals surface area (Å²) in [5, 5.41) is 10.6. The maximum atomic E-state index is 13.1. The molecule has 19 heteroatoms. The second kappa shape index (κ2) is 74.8. The lowest BCUT2D eigenvalue weighted by Gasteiger charge is -2.21. The van der Waals surface area contributed by atoms with Crippen LogP contribution in [0.3, 0.4) is 0 Å². The van der Waals surface area contributed by atoms with E-state index in [2.05, 4.69) is 52.0 Å². The molecule has 0 bridgehead atoms. The number of aliphatic hydroxyl groups is 1. The third-order valence-electron chi connectivity index (χ3n) is 18.4. The number of ether oxygens (including phenoxy) is 4. The van der Waals surface area contributed by atoms with Gasteiger partial charge in [0.15, 0.2) is 12.2 Å². The maximum absolute atomic E-state index is 13.1. The van der Waals surface area contributed by atoms with Crippen LogP contribution < -0.4 is 0 Å². The zero-order chi connectivity index (χ0) is 73.2. The Bertz CT molecular complexity index is 1990. The molecule has 0 spiro atoms. The van der Waals surface area contributed by atoms with Gasteiger partial charge in [-0.1, -0.05) is 335 Å². The first-order valence-electron chi connectivity index (χ1n) is 41.6. The SMILES string of the molecule is CCCCCCCC/C=C\CCCCCCCC(=O)OC[C@H](COP(=O)(O)OC[C@@H](O)COP(=O)(O)OC[C@@H](COC(=O)CCCCCCCCCCCCCCC)OC(=O)CCCCCCC/C=C\CCCCCCCC)OC(=O)CCCCCCCCCCCCCCCCCCC. The summed E-state index contributed by atoms with van der Waals surface area (Å²) in [6, 6.07) is 0. The molecular formula is C81H154O17P2. The highest BCUT2D eigenvalue weighted by Crippen LogP contribution is 2.45. The van der Waals surface area contributed by atoms with Gasteiger partial charge in [-0.15, -0.1) is 0 Å². The van der Waals surface area contributed by atoms with Crippen molar-refractivity contribution in [3.05, 3.63) is 24.3 Å². The molecule has 0 aromatic carbocycles. The van der Waals surface area contributed by atoms with Crippen LogP contribution in [0.2, 0.25) is 0 Å². The van der Waals surface area contributed by atoms with E-state index in [1.165, 1.54) is 212 Å². The van der Waals surface area contributed by atoms with E-state index in [9.17, 15) is 43.2 Å². The van der Waals surface area contributed by atoms with Gasteiger partial charge in [-0.05, 0) is 77.0 Å². The average molecular weight is 1460 g/mol. The lowest BCUT2D eigenvalue weighted by molar-refractivity contribution is -0.161. The largest absolute Gasteiger partial charge is 0.472 e. The molecule has 0 saturated heterocycles. The standard InChI is InChI=1S/C81H154O17P2/c1-5-9-13-17-21-25-29-33-36-37-40-44-48-52-56-60-64-68-81(86)98-77(72-92-79(84)66-62-58-54-50-46-42-38-34-30-26-22-18-14-10-6-2)74-96-100(89,90)94-70-75(82)69-93-99(87,88)95-73-76(71-91-78(83)65-61-57-53-49-45-41-32-28-24-20-16-12-8-4)97-80(85)67-63-59-55-51-47-43-39-35-31-27-23-19-15-11-7-3/h34-35,38-39,75-77,82H,5-33,36-37,40-74H2,1-4H3,(H,87,88)(H,89,90)/b38-34-,39-35-/t75-,76+,77+/m0/s1. The number of rotatable bonds is 80. The summed E-state index contributed by atoms with van der Waals surface area (Å²) in [5.41, 5.74) is 0. The van der Waals surface area contributed by atoms with E-state index in [1.807, 2.05) is 0 Å². The average Bonchev–Trinajstić information content (AvgIpc) is 0.933. The van der Waals surface area contributed by atoms with E-state index in [-0.39, 0.29) is 25.7 Å². The van der Waals surface area contributed by atoms with Crippen molar-refractivity contribution in [3.8, 4) is 0 Å². The Morgan fingerprint density at radius 1 is 0.270 bits per heavy atom. The number of aliphatic hydroxyl groups excluding tert-OH is 1. The van der Waals surface area contributed by atoms with Gasteiger partial charge in [-0.2, -0.15) is 0 Å². The molecule has 0 saturated carbocycles. The van der Waals surface area contributed by atoms with E-state index in [0.717, 1.165) is 122 Å². The van der Waals surface area contributed by atoms with Crippen LogP contribution in [0.5, 0.6) is 0 Å². The smallest absolute Gasteiger partial charge is 0.462 e. The molecule has 2 unspecified atom stereocenters. The number of hydrogen-bond acceptors (Lipinski definition) is 15. The summed E-state index contributed by atoms with van der Waals surface area (Å²) in [6.07, 6.45) is 70.0.